The molecule has 2 unspecified atom stereocenters. The third kappa shape index (κ3) is 5.43. The number of carbonyl (C=O) groups is 1. The van der Waals surface area contributed by atoms with Crippen molar-refractivity contribution in [1.29, 1.82) is 0 Å². The Morgan fingerprint density at radius 1 is 1.14 bits per heavy atom. The minimum absolute atomic E-state index is 0.0396. The molecule has 0 radical (unpaired) electrons. The van der Waals surface area contributed by atoms with E-state index in [0.29, 0.717) is 25.0 Å². The van der Waals surface area contributed by atoms with Crippen molar-refractivity contribution in [2.45, 2.75) is 59.8 Å². The quantitative estimate of drug-likeness (QED) is 0.384. The fourth-order valence-electron chi connectivity index (χ4n) is 6.15. The van der Waals surface area contributed by atoms with Crippen LogP contribution in [-0.2, 0) is 9.53 Å². The molecule has 2 aromatic rings. The molecule has 1 saturated carbocycles. The van der Waals surface area contributed by atoms with Gasteiger partial charge in [0.15, 0.2) is 0 Å². The molecule has 2 aromatic carbocycles. The van der Waals surface area contributed by atoms with Gasteiger partial charge in [0.25, 0.3) is 0 Å². The van der Waals surface area contributed by atoms with Gasteiger partial charge in [0.05, 0.1) is 25.7 Å². The monoisotopic (exact) mass is 499 g/mol. The molecule has 2 aliphatic heterocycles. The lowest BCUT2D eigenvalue weighted by atomic mass is 9.79. The number of aryl methyl sites for hydroxylation is 1. The van der Waals surface area contributed by atoms with Crippen LogP contribution in [0.4, 0.5) is 5.69 Å². The van der Waals surface area contributed by atoms with Crippen molar-refractivity contribution in [3.63, 3.8) is 0 Å². The van der Waals surface area contributed by atoms with E-state index in [9.17, 15) is 4.79 Å². The molecule has 0 aromatic heterocycles. The number of benzene rings is 2. The molecule has 2 atom stereocenters. The van der Waals surface area contributed by atoms with Crippen molar-refractivity contribution in [2.24, 2.45) is 33.2 Å². The lowest BCUT2D eigenvalue weighted by Gasteiger charge is -2.34. The smallest absolute Gasteiger partial charge is 0.234 e. The van der Waals surface area contributed by atoms with Crippen molar-refractivity contribution in [3.05, 3.63) is 54.1 Å². The van der Waals surface area contributed by atoms with Gasteiger partial charge in [-0.05, 0) is 67.7 Å². The van der Waals surface area contributed by atoms with Crippen LogP contribution in [-0.4, -0.2) is 43.8 Å². The second kappa shape index (κ2) is 10.9. The first-order chi connectivity index (χ1) is 17.9. The van der Waals surface area contributed by atoms with E-state index < -0.39 is 0 Å². The number of hydrogen-bond acceptors (Lipinski definition) is 4. The fraction of sp³-hybridized carbons (Fsp3) is 0.531. The predicted octanol–water partition coefficient (Wildman–Crippen LogP) is 6.74. The van der Waals surface area contributed by atoms with E-state index in [-0.39, 0.29) is 17.2 Å². The number of hydrogen-bond donors (Lipinski definition) is 0. The molecule has 5 rings (SSSR count). The third-order valence-corrected chi connectivity index (χ3v) is 8.46. The first kappa shape index (κ1) is 25.8. The topological polar surface area (TPSA) is 54.3 Å². The lowest BCUT2D eigenvalue weighted by molar-refractivity contribution is -0.136. The summed E-state index contributed by atoms with van der Waals surface area (Å²) in [6.45, 7) is 11.3. The zero-order chi connectivity index (χ0) is 26.0. The Kier molecular flexibility index (Phi) is 7.62. The molecule has 1 aliphatic carbocycles. The fourth-order valence-corrected chi connectivity index (χ4v) is 6.15. The molecule has 2 fully saturated rings. The molecule has 0 spiro atoms. The highest BCUT2D eigenvalue weighted by Crippen LogP contribution is 2.48. The summed E-state index contributed by atoms with van der Waals surface area (Å²) in [6.07, 6.45) is 5.51. The third-order valence-electron chi connectivity index (χ3n) is 8.46. The van der Waals surface area contributed by atoms with Gasteiger partial charge in [-0.3, -0.25) is 9.79 Å². The molecule has 0 bridgehead atoms. The molecule has 196 valence electrons. The maximum absolute atomic E-state index is 13.7. The number of nitrogens with zero attached hydrogens (tertiary/aromatic N) is 3. The van der Waals surface area contributed by atoms with Crippen molar-refractivity contribution in [1.82, 2.24) is 0 Å². The summed E-state index contributed by atoms with van der Waals surface area (Å²) in [5.74, 6) is 2.10. The van der Waals surface area contributed by atoms with E-state index in [0.717, 1.165) is 62.3 Å². The van der Waals surface area contributed by atoms with Gasteiger partial charge in [0.2, 0.25) is 5.91 Å². The maximum Gasteiger partial charge on any atom is 0.234 e. The van der Waals surface area contributed by atoms with Crippen LogP contribution in [0.25, 0.3) is 11.1 Å². The van der Waals surface area contributed by atoms with Crippen LogP contribution < -0.4 is 4.90 Å². The van der Waals surface area contributed by atoms with E-state index in [1.54, 1.807) is 0 Å². The molecule has 3 aliphatic rings. The van der Waals surface area contributed by atoms with Gasteiger partial charge < -0.3 is 9.64 Å². The molecule has 5 heteroatoms. The number of carbonyl (C=O) groups excluding carboxylic acids is 1. The average Bonchev–Trinajstić information content (AvgIpc) is 3.51. The van der Waals surface area contributed by atoms with Crippen molar-refractivity contribution >= 4 is 23.1 Å². The zero-order valence-electron chi connectivity index (χ0n) is 22.9. The highest BCUT2D eigenvalue weighted by atomic mass is 16.5. The van der Waals surface area contributed by atoms with Crippen molar-refractivity contribution in [2.75, 3.05) is 31.2 Å². The van der Waals surface area contributed by atoms with Crippen LogP contribution in [0.2, 0.25) is 0 Å². The van der Waals surface area contributed by atoms with Gasteiger partial charge in [-0.1, -0.05) is 69.2 Å². The Morgan fingerprint density at radius 2 is 1.92 bits per heavy atom. The largest absolute Gasteiger partial charge is 0.380 e. The number of anilines is 1. The summed E-state index contributed by atoms with van der Waals surface area (Å²) < 4.78 is 5.40. The molecule has 0 N–H and O–H groups in total. The van der Waals surface area contributed by atoms with Crippen LogP contribution in [0.5, 0.6) is 0 Å². The van der Waals surface area contributed by atoms with Crippen LogP contribution in [0, 0.1) is 30.1 Å². The normalized spacial score (nSPS) is 23.6. The highest BCUT2D eigenvalue weighted by Gasteiger charge is 2.45. The molecule has 1 amide bonds. The molecule has 1 saturated heterocycles. The summed E-state index contributed by atoms with van der Waals surface area (Å²) >= 11 is 0. The minimum Gasteiger partial charge on any atom is -0.380 e. The van der Waals surface area contributed by atoms with E-state index in [4.69, 9.17) is 14.7 Å². The Morgan fingerprint density at radius 3 is 2.57 bits per heavy atom. The number of rotatable bonds is 9. The Balaban J connectivity index is 1.39. The minimum atomic E-state index is -0.0396. The first-order valence-corrected chi connectivity index (χ1v) is 14.1. The summed E-state index contributed by atoms with van der Waals surface area (Å²) in [7, 11) is 0. The van der Waals surface area contributed by atoms with Crippen molar-refractivity contribution < 1.29 is 9.53 Å². The number of amides is 1. The van der Waals surface area contributed by atoms with Gasteiger partial charge in [-0.2, -0.15) is 0 Å². The Bertz CT molecular complexity index is 1180. The molecular formula is C32H41N3O2. The number of aliphatic imine (C=N–C) groups is 2. The summed E-state index contributed by atoms with van der Waals surface area (Å²) in [5.41, 5.74) is 5.81. The zero-order valence-corrected chi connectivity index (χ0v) is 22.9. The summed E-state index contributed by atoms with van der Waals surface area (Å²) in [5, 5.41) is 0. The SMILES string of the molecule is CCCC1(C2=NCC(C(C)C)=N2)CCC(CN(C(=O)C2COC2)c2cccc(-c3ccc(C)cc3)c2)C1. The van der Waals surface area contributed by atoms with Crippen LogP contribution in [0.1, 0.15) is 58.4 Å². The lowest BCUT2D eigenvalue weighted by Crippen LogP contribution is -2.46. The first-order valence-electron chi connectivity index (χ1n) is 14.1. The van der Waals surface area contributed by atoms with Gasteiger partial charge in [-0.15, -0.1) is 0 Å². The van der Waals surface area contributed by atoms with Crippen LogP contribution >= 0.6 is 0 Å². The van der Waals surface area contributed by atoms with Gasteiger partial charge >= 0.3 is 0 Å². The predicted molar refractivity (Wildman–Crippen MR) is 153 cm³/mol. The van der Waals surface area contributed by atoms with Crippen LogP contribution in [0.15, 0.2) is 58.5 Å². The Labute approximate surface area is 222 Å². The second-order valence-electron chi connectivity index (χ2n) is 11.6. The number of ether oxygens (including phenoxy) is 1. The summed E-state index contributed by atoms with van der Waals surface area (Å²) in [4.78, 5) is 25.7. The van der Waals surface area contributed by atoms with Crippen LogP contribution in [0.3, 0.4) is 0 Å². The Hall–Kier alpha value is -2.79. The van der Waals surface area contributed by atoms with E-state index in [2.05, 4.69) is 81.1 Å². The molecule has 37 heavy (non-hydrogen) atoms. The van der Waals surface area contributed by atoms with Crippen molar-refractivity contribution in [3.8, 4) is 11.1 Å². The van der Waals surface area contributed by atoms with Gasteiger partial charge in [0.1, 0.15) is 5.84 Å². The van der Waals surface area contributed by atoms with Gasteiger partial charge in [0, 0.05) is 23.4 Å². The molecule has 5 nitrogen and oxygen atoms in total. The average molecular weight is 500 g/mol. The molecular weight excluding hydrogens is 458 g/mol. The van der Waals surface area contributed by atoms with E-state index in [1.807, 2.05) is 0 Å². The highest BCUT2D eigenvalue weighted by molar-refractivity contribution is 6.07. The standard InChI is InChI=1S/C32H41N3O2/c1-5-14-32(31-33-18-29(34-31)22(2)3)15-13-24(17-32)19-35(30(36)27-20-37-21-27)28-8-6-7-26(16-28)25-11-9-23(4)10-12-25/h6-12,16,22,24,27H,5,13-15,17-21H2,1-4H3. The maximum atomic E-state index is 13.7. The van der Waals surface area contributed by atoms with Gasteiger partial charge in [-0.25, -0.2) is 4.99 Å². The molecule has 2 heterocycles. The van der Waals surface area contributed by atoms with E-state index >= 15 is 0 Å². The summed E-state index contributed by atoms with van der Waals surface area (Å²) in [6, 6.07) is 17.1. The van der Waals surface area contributed by atoms with E-state index in [1.165, 1.54) is 16.8 Å². The number of amidine groups is 1. The second-order valence-corrected chi connectivity index (χ2v) is 11.6.